The minimum Gasteiger partial charge on any atom is -0.318 e. The molecule has 2 aromatic carbocycles. The number of benzene rings is 2. The molecule has 3 aromatic rings. The van der Waals surface area contributed by atoms with Gasteiger partial charge in [0.05, 0.1) is 20.8 Å². The van der Waals surface area contributed by atoms with Crippen LogP contribution in [0.5, 0.6) is 0 Å². The quantitative estimate of drug-likeness (QED) is 0.291. The van der Waals surface area contributed by atoms with Gasteiger partial charge in [-0.1, -0.05) is 40.9 Å². The summed E-state index contributed by atoms with van der Waals surface area (Å²) in [6, 6.07) is 11.0. The van der Waals surface area contributed by atoms with Crippen molar-refractivity contribution in [1.82, 2.24) is 9.88 Å². The molecule has 0 unspecified atom stereocenters. The van der Waals surface area contributed by atoms with Crippen LogP contribution in [-0.2, 0) is 9.59 Å². The first kappa shape index (κ1) is 23.6. The zero-order valence-electron chi connectivity index (χ0n) is 17.2. The minimum atomic E-state index is -0.902. The third-order valence-electron chi connectivity index (χ3n) is 5.21. The van der Waals surface area contributed by atoms with Crippen molar-refractivity contribution in [1.29, 1.82) is 0 Å². The minimum absolute atomic E-state index is 0.0293. The molecule has 33 heavy (non-hydrogen) atoms. The van der Waals surface area contributed by atoms with E-state index in [9.17, 15) is 14.4 Å². The van der Waals surface area contributed by atoms with Gasteiger partial charge < -0.3 is 4.57 Å². The van der Waals surface area contributed by atoms with E-state index in [2.05, 4.69) is 21.2 Å². The molecule has 168 valence electrons. The summed E-state index contributed by atoms with van der Waals surface area (Å²) in [6.07, 6.45) is 1.45. The number of imide groups is 2. The predicted molar refractivity (Wildman–Crippen MR) is 133 cm³/mol. The maximum Gasteiger partial charge on any atom is 0.336 e. The molecule has 1 aromatic heterocycles. The number of nitrogens with one attached hydrogen (secondary N) is 1. The van der Waals surface area contributed by atoms with Gasteiger partial charge in [0, 0.05) is 21.5 Å². The number of rotatable bonds is 3. The van der Waals surface area contributed by atoms with Crippen LogP contribution in [0.1, 0.15) is 17.0 Å². The fourth-order valence-electron chi connectivity index (χ4n) is 3.65. The van der Waals surface area contributed by atoms with E-state index in [4.69, 9.17) is 34.8 Å². The van der Waals surface area contributed by atoms with Gasteiger partial charge in [-0.05, 0) is 77.8 Å². The molecular formula is C23H15BrCl3N3O3. The van der Waals surface area contributed by atoms with Gasteiger partial charge in [0.2, 0.25) is 0 Å². The van der Waals surface area contributed by atoms with E-state index in [1.54, 1.807) is 6.07 Å². The van der Waals surface area contributed by atoms with E-state index in [1.807, 2.05) is 42.7 Å². The molecule has 0 bridgehead atoms. The maximum atomic E-state index is 13.2. The zero-order chi connectivity index (χ0) is 24.0. The summed E-state index contributed by atoms with van der Waals surface area (Å²) in [4.78, 5) is 39.1. The summed E-state index contributed by atoms with van der Waals surface area (Å²) in [6.45, 7) is 3.76. The summed E-state index contributed by atoms with van der Waals surface area (Å²) in [7, 11) is 0. The lowest BCUT2D eigenvalue weighted by Gasteiger charge is -2.27. The molecule has 6 nitrogen and oxygen atoms in total. The third-order valence-corrected chi connectivity index (χ3v) is 7.25. The number of nitrogens with zero attached hydrogens (tertiary/aromatic N) is 2. The molecule has 1 aliphatic heterocycles. The monoisotopic (exact) mass is 565 g/mol. The van der Waals surface area contributed by atoms with Crippen molar-refractivity contribution >= 4 is 80.3 Å². The molecule has 2 heterocycles. The van der Waals surface area contributed by atoms with E-state index < -0.39 is 17.8 Å². The highest BCUT2D eigenvalue weighted by atomic mass is 79.9. The van der Waals surface area contributed by atoms with E-state index in [0.29, 0.717) is 10.6 Å². The maximum absolute atomic E-state index is 13.2. The van der Waals surface area contributed by atoms with Crippen LogP contribution < -0.4 is 10.2 Å². The molecule has 4 amide bonds. The number of halogens is 4. The van der Waals surface area contributed by atoms with E-state index >= 15 is 0 Å². The lowest BCUT2D eigenvalue weighted by atomic mass is 10.1. The van der Waals surface area contributed by atoms with Gasteiger partial charge in [0.25, 0.3) is 11.8 Å². The molecule has 4 rings (SSSR count). The molecule has 1 saturated heterocycles. The summed E-state index contributed by atoms with van der Waals surface area (Å²) in [5, 5.41) is 2.94. The van der Waals surface area contributed by atoms with Gasteiger partial charge in [0.15, 0.2) is 0 Å². The second-order valence-electron chi connectivity index (χ2n) is 7.29. The Morgan fingerprint density at radius 3 is 2.39 bits per heavy atom. The number of carbonyl (C=O) groups is 3. The average Bonchev–Trinajstić information content (AvgIpc) is 3.03. The average molecular weight is 568 g/mol. The Labute approximate surface area is 212 Å². The first-order valence-corrected chi connectivity index (χ1v) is 11.5. The fourth-order valence-corrected chi connectivity index (χ4v) is 4.45. The third kappa shape index (κ3) is 4.22. The van der Waals surface area contributed by atoms with Crippen molar-refractivity contribution in [3.8, 4) is 5.69 Å². The van der Waals surface area contributed by atoms with Crippen molar-refractivity contribution in [3.63, 3.8) is 0 Å². The van der Waals surface area contributed by atoms with Crippen LogP contribution in [0.3, 0.4) is 0 Å². The number of urea groups is 1. The number of barbiturate groups is 1. The van der Waals surface area contributed by atoms with Crippen molar-refractivity contribution in [2.75, 3.05) is 4.90 Å². The Hall–Kier alpha value is -2.58. The second kappa shape index (κ2) is 8.99. The Morgan fingerprint density at radius 1 is 0.970 bits per heavy atom. The predicted octanol–water partition coefficient (Wildman–Crippen LogP) is 6.48. The summed E-state index contributed by atoms with van der Waals surface area (Å²) < 4.78 is 2.72. The van der Waals surface area contributed by atoms with Crippen molar-refractivity contribution < 1.29 is 14.4 Å². The number of carbonyl (C=O) groups excluding carboxylic acids is 3. The van der Waals surface area contributed by atoms with Gasteiger partial charge in [-0.25, -0.2) is 9.69 Å². The molecule has 10 heteroatoms. The Morgan fingerprint density at radius 2 is 1.70 bits per heavy atom. The van der Waals surface area contributed by atoms with Gasteiger partial charge in [-0.15, -0.1) is 0 Å². The van der Waals surface area contributed by atoms with Crippen molar-refractivity contribution in [2.24, 2.45) is 0 Å². The SMILES string of the molecule is Cc1cc(/C=C2\C(=O)NC(=O)N(c3cccc(Cl)c3Cl)C2=O)c(C)n1-c1ccc(Br)c(Cl)c1. The molecule has 0 radical (unpaired) electrons. The van der Waals surface area contributed by atoms with Crippen molar-refractivity contribution in [2.45, 2.75) is 13.8 Å². The summed E-state index contributed by atoms with van der Waals surface area (Å²) in [5.41, 5.74) is 2.98. The Kier molecular flexibility index (Phi) is 6.42. The fraction of sp³-hybridized carbons (Fsp3) is 0.0870. The van der Waals surface area contributed by atoms with Gasteiger partial charge in [0.1, 0.15) is 5.57 Å². The first-order chi connectivity index (χ1) is 15.6. The van der Waals surface area contributed by atoms with Crippen LogP contribution in [0.2, 0.25) is 15.1 Å². The first-order valence-electron chi connectivity index (χ1n) is 9.60. The van der Waals surface area contributed by atoms with Crippen LogP contribution >= 0.6 is 50.7 Å². The molecule has 0 aliphatic carbocycles. The number of aryl methyl sites for hydroxylation is 1. The highest BCUT2D eigenvalue weighted by molar-refractivity contribution is 9.10. The standard InChI is InChI=1S/C23H15BrCl3N3O3/c1-11-8-13(12(2)29(11)14-6-7-16(24)18(26)10-14)9-15-21(31)28-23(33)30(22(15)32)19-5-3-4-17(25)20(19)27/h3-10H,1-2H3,(H,28,31,33)/b15-9+. The topological polar surface area (TPSA) is 71.4 Å². The van der Waals surface area contributed by atoms with Crippen LogP contribution in [0.15, 0.2) is 52.5 Å². The highest BCUT2D eigenvalue weighted by Crippen LogP contribution is 2.35. The van der Waals surface area contributed by atoms with Gasteiger partial charge in [-0.2, -0.15) is 0 Å². The van der Waals surface area contributed by atoms with Crippen LogP contribution in [0, 0.1) is 13.8 Å². The molecule has 1 N–H and O–H groups in total. The lowest BCUT2D eigenvalue weighted by Crippen LogP contribution is -2.54. The second-order valence-corrected chi connectivity index (χ2v) is 9.34. The lowest BCUT2D eigenvalue weighted by molar-refractivity contribution is -0.122. The largest absolute Gasteiger partial charge is 0.336 e. The normalized spacial score (nSPS) is 15.4. The van der Waals surface area contributed by atoms with E-state index in [-0.39, 0.29) is 21.3 Å². The van der Waals surface area contributed by atoms with Gasteiger partial charge >= 0.3 is 6.03 Å². The van der Waals surface area contributed by atoms with Crippen LogP contribution in [-0.4, -0.2) is 22.4 Å². The highest BCUT2D eigenvalue weighted by Gasteiger charge is 2.38. The molecule has 0 spiro atoms. The smallest absolute Gasteiger partial charge is 0.318 e. The van der Waals surface area contributed by atoms with E-state index in [0.717, 1.165) is 26.4 Å². The molecular weight excluding hydrogens is 553 g/mol. The summed E-state index contributed by atoms with van der Waals surface area (Å²) >= 11 is 21.9. The molecule has 0 atom stereocenters. The number of hydrogen-bond donors (Lipinski definition) is 1. The number of hydrogen-bond acceptors (Lipinski definition) is 3. The van der Waals surface area contributed by atoms with Crippen molar-refractivity contribution in [3.05, 3.63) is 84.5 Å². The van der Waals surface area contributed by atoms with E-state index in [1.165, 1.54) is 18.2 Å². The molecule has 0 saturated carbocycles. The Balaban J connectivity index is 1.79. The number of amides is 4. The zero-order valence-corrected chi connectivity index (χ0v) is 21.1. The Bertz CT molecular complexity index is 1380. The van der Waals surface area contributed by atoms with Crippen LogP contribution in [0.4, 0.5) is 10.5 Å². The molecule has 1 fully saturated rings. The number of anilines is 1. The van der Waals surface area contributed by atoms with Crippen LogP contribution in [0.25, 0.3) is 11.8 Å². The summed E-state index contributed by atoms with van der Waals surface area (Å²) in [5.74, 6) is -1.60. The molecule has 1 aliphatic rings. The van der Waals surface area contributed by atoms with Gasteiger partial charge in [-0.3, -0.25) is 14.9 Å². The number of aromatic nitrogens is 1.